The van der Waals surface area contributed by atoms with Gasteiger partial charge in [0.1, 0.15) is 6.10 Å². The third-order valence-electron chi connectivity index (χ3n) is 3.55. The van der Waals surface area contributed by atoms with Gasteiger partial charge >= 0.3 is 0 Å². The molecular formula is C18H31O4-. The second-order valence-corrected chi connectivity index (χ2v) is 5.63. The summed E-state index contributed by atoms with van der Waals surface area (Å²) in [5.41, 5.74) is 0. The van der Waals surface area contributed by atoms with Crippen LogP contribution < -0.4 is 5.11 Å². The van der Waals surface area contributed by atoms with Gasteiger partial charge in [-0.15, -0.1) is 0 Å². The molecule has 0 aliphatic carbocycles. The molecule has 4 heteroatoms. The Bertz CT molecular complexity index is 310. The molecule has 0 saturated heterocycles. The molecule has 1 N–H and O–H groups in total. The van der Waals surface area contributed by atoms with E-state index in [0.29, 0.717) is 0 Å². The van der Waals surface area contributed by atoms with E-state index in [1.54, 1.807) is 0 Å². The number of allylic oxidation sites excluding steroid dienone is 3. The molecule has 22 heavy (non-hydrogen) atoms. The molecule has 0 bridgehead atoms. The number of carboxylic acids is 1. The van der Waals surface area contributed by atoms with Crippen molar-refractivity contribution >= 4 is 5.97 Å². The first-order chi connectivity index (χ1) is 10.7. The van der Waals surface area contributed by atoms with Gasteiger partial charge in [-0.3, -0.25) is 5.26 Å². The van der Waals surface area contributed by atoms with Gasteiger partial charge in [-0.25, -0.2) is 4.89 Å². The molecule has 0 unspecified atom stereocenters. The molecule has 0 saturated carbocycles. The van der Waals surface area contributed by atoms with Gasteiger partial charge in [0.05, 0.1) is 0 Å². The van der Waals surface area contributed by atoms with Crippen LogP contribution in [0.5, 0.6) is 0 Å². The predicted octanol–water partition coefficient (Wildman–Crippen LogP) is 4.02. The van der Waals surface area contributed by atoms with Gasteiger partial charge in [0.15, 0.2) is 0 Å². The van der Waals surface area contributed by atoms with Gasteiger partial charge in [0.2, 0.25) is 0 Å². The molecule has 0 amide bonds. The molecule has 0 aromatic rings. The van der Waals surface area contributed by atoms with Gasteiger partial charge in [-0.2, -0.15) is 0 Å². The van der Waals surface area contributed by atoms with E-state index in [0.717, 1.165) is 64.2 Å². The Balaban J connectivity index is 3.51. The maximum atomic E-state index is 10.2. The number of unbranched alkanes of at least 4 members (excludes halogenated alkanes) is 7. The summed E-state index contributed by atoms with van der Waals surface area (Å²) in [5, 5.41) is 19.0. The predicted molar refractivity (Wildman–Crippen MR) is 87.2 cm³/mol. The molecule has 0 aliphatic rings. The number of carboxylic acid groups (broad SMARTS) is 1. The zero-order valence-electron chi connectivity index (χ0n) is 13.8. The van der Waals surface area contributed by atoms with Crippen molar-refractivity contribution in [1.82, 2.24) is 0 Å². The van der Waals surface area contributed by atoms with Crippen LogP contribution in [0.15, 0.2) is 24.3 Å². The minimum absolute atomic E-state index is 0.178. The SMILES string of the molecule is CCCCC[C@H](/C=C/C=C\CCCCCCCC(=O)[O-])OO. The van der Waals surface area contributed by atoms with Crippen LogP contribution in [-0.4, -0.2) is 17.3 Å². The summed E-state index contributed by atoms with van der Waals surface area (Å²) < 4.78 is 0. The Hall–Kier alpha value is -1.13. The summed E-state index contributed by atoms with van der Waals surface area (Å²) in [6, 6.07) is 0. The van der Waals surface area contributed by atoms with Crippen LogP contribution in [0.25, 0.3) is 0 Å². The van der Waals surface area contributed by atoms with Crippen LogP contribution in [0.4, 0.5) is 0 Å². The standard InChI is InChI=1S/C18H32O4/c1-2-3-11-14-17(22-21)15-12-9-7-5-4-6-8-10-13-16-18(19)20/h7,9,12,15,17,21H,2-6,8,10-11,13-14,16H2,1H3,(H,19,20)/p-1/b9-7-,15-12+/t17-/m1/s1. The van der Waals surface area contributed by atoms with Crippen molar-refractivity contribution in [2.45, 2.75) is 83.7 Å². The lowest BCUT2D eigenvalue weighted by atomic mass is 10.1. The second-order valence-electron chi connectivity index (χ2n) is 5.63. The first kappa shape index (κ1) is 20.9. The maximum absolute atomic E-state index is 10.2. The third kappa shape index (κ3) is 15.3. The van der Waals surface area contributed by atoms with Crippen molar-refractivity contribution in [2.75, 3.05) is 0 Å². The second kappa shape index (κ2) is 16.2. The molecule has 4 nitrogen and oxygen atoms in total. The third-order valence-corrected chi connectivity index (χ3v) is 3.55. The average molecular weight is 311 g/mol. The summed E-state index contributed by atoms with van der Waals surface area (Å²) >= 11 is 0. The minimum Gasteiger partial charge on any atom is -0.550 e. The number of carbonyl (C=O) groups is 1. The Morgan fingerprint density at radius 2 is 1.82 bits per heavy atom. The van der Waals surface area contributed by atoms with Gasteiger partial charge < -0.3 is 9.90 Å². The van der Waals surface area contributed by atoms with Crippen molar-refractivity contribution in [3.05, 3.63) is 24.3 Å². The summed E-state index contributed by atoms with van der Waals surface area (Å²) in [4.78, 5) is 14.7. The van der Waals surface area contributed by atoms with E-state index in [1.165, 1.54) is 0 Å². The molecule has 0 aromatic heterocycles. The van der Waals surface area contributed by atoms with E-state index in [4.69, 9.17) is 5.26 Å². The lowest BCUT2D eigenvalue weighted by Gasteiger charge is -2.07. The van der Waals surface area contributed by atoms with Crippen molar-refractivity contribution in [2.24, 2.45) is 0 Å². The van der Waals surface area contributed by atoms with E-state index in [1.807, 2.05) is 18.2 Å². The minimum atomic E-state index is -0.949. The van der Waals surface area contributed by atoms with E-state index in [-0.39, 0.29) is 12.5 Å². The highest BCUT2D eigenvalue weighted by Crippen LogP contribution is 2.09. The summed E-state index contributed by atoms with van der Waals surface area (Å²) in [7, 11) is 0. The Labute approximate surface area is 134 Å². The lowest BCUT2D eigenvalue weighted by Crippen LogP contribution is -2.21. The van der Waals surface area contributed by atoms with Crippen molar-refractivity contribution in [3.8, 4) is 0 Å². The van der Waals surface area contributed by atoms with Gasteiger partial charge in [0.25, 0.3) is 0 Å². The molecule has 128 valence electrons. The fourth-order valence-corrected chi connectivity index (χ4v) is 2.20. The zero-order valence-corrected chi connectivity index (χ0v) is 13.8. The maximum Gasteiger partial charge on any atom is 0.111 e. The molecular weight excluding hydrogens is 280 g/mol. The molecule has 0 heterocycles. The van der Waals surface area contributed by atoms with Gasteiger partial charge in [-0.05, 0) is 32.1 Å². The highest BCUT2D eigenvalue weighted by atomic mass is 17.1. The number of aliphatic carboxylic acids is 1. The van der Waals surface area contributed by atoms with Gasteiger partial charge in [-0.1, -0.05) is 69.8 Å². The topological polar surface area (TPSA) is 69.6 Å². The monoisotopic (exact) mass is 311 g/mol. The molecule has 0 aliphatic heterocycles. The van der Waals surface area contributed by atoms with Crippen LogP contribution in [0, 0.1) is 0 Å². The van der Waals surface area contributed by atoms with Crippen LogP contribution in [0.2, 0.25) is 0 Å². The normalized spacial score (nSPS) is 13.2. The molecule has 1 atom stereocenters. The highest BCUT2D eigenvalue weighted by molar-refractivity contribution is 5.63. The van der Waals surface area contributed by atoms with Crippen LogP contribution in [-0.2, 0) is 9.68 Å². The van der Waals surface area contributed by atoms with Crippen molar-refractivity contribution < 1.29 is 20.0 Å². The van der Waals surface area contributed by atoms with Gasteiger partial charge in [0, 0.05) is 5.97 Å². The Morgan fingerprint density at radius 3 is 2.50 bits per heavy atom. The molecule has 0 aromatic carbocycles. The zero-order chi connectivity index (χ0) is 16.5. The Morgan fingerprint density at radius 1 is 1.09 bits per heavy atom. The Kier molecular flexibility index (Phi) is 15.4. The smallest absolute Gasteiger partial charge is 0.111 e. The van der Waals surface area contributed by atoms with Crippen LogP contribution in [0.3, 0.4) is 0 Å². The average Bonchev–Trinajstić information content (AvgIpc) is 2.50. The number of carbonyl (C=O) groups excluding carboxylic acids is 1. The number of hydrogen-bond donors (Lipinski definition) is 1. The van der Waals surface area contributed by atoms with Crippen molar-refractivity contribution in [3.63, 3.8) is 0 Å². The first-order valence-electron chi connectivity index (χ1n) is 8.54. The van der Waals surface area contributed by atoms with E-state index >= 15 is 0 Å². The molecule has 0 fully saturated rings. The summed E-state index contributed by atoms with van der Waals surface area (Å²) in [5.74, 6) is -0.949. The first-order valence-corrected chi connectivity index (χ1v) is 8.54. The van der Waals surface area contributed by atoms with E-state index in [2.05, 4.69) is 17.9 Å². The molecule has 0 radical (unpaired) electrons. The summed E-state index contributed by atoms with van der Waals surface area (Å²) in [6.45, 7) is 2.15. The number of hydrogen-bond acceptors (Lipinski definition) is 4. The fraction of sp³-hybridized carbons (Fsp3) is 0.722. The van der Waals surface area contributed by atoms with E-state index < -0.39 is 5.97 Å². The van der Waals surface area contributed by atoms with Crippen LogP contribution >= 0.6 is 0 Å². The highest BCUT2D eigenvalue weighted by Gasteiger charge is 2.02. The van der Waals surface area contributed by atoms with Crippen LogP contribution in [0.1, 0.15) is 77.6 Å². The fourth-order valence-electron chi connectivity index (χ4n) is 2.20. The van der Waals surface area contributed by atoms with Crippen molar-refractivity contribution in [1.29, 1.82) is 0 Å². The molecule has 0 spiro atoms. The number of rotatable bonds is 15. The lowest BCUT2D eigenvalue weighted by molar-refractivity contribution is -0.305. The largest absolute Gasteiger partial charge is 0.550 e. The summed E-state index contributed by atoms with van der Waals surface area (Å²) in [6.07, 6.45) is 18.1. The quantitative estimate of drug-likeness (QED) is 0.215. The van der Waals surface area contributed by atoms with E-state index in [9.17, 15) is 9.90 Å². The molecule has 0 rings (SSSR count).